The van der Waals surface area contributed by atoms with Crippen molar-refractivity contribution in [2.75, 3.05) is 13.2 Å². The van der Waals surface area contributed by atoms with Crippen molar-refractivity contribution in [2.24, 2.45) is 0 Å². The van der Waals surface area contributed by atoms with Crippen molar-refractivity contribution in [1.82, 2.24) is 14.9 Å². The summed E-state index contributed by atoms with van der Waals surface area (Å²) in [5.74, 6) is -0.386. The van der Waals surface area contributed by atoms with E-state index in [-0.39, 0.29) is 41.4 Å². The Morgan fingerprint density at radius 3 is 2.44 bits per heavy atom. The number of nitrogens with zero attached hydrogens (tertiary/aromatic N) is 2. The Balaban J connectivity index is 1.52. The Morgan fingerprint density at radius 1 is 1.06 bits per heavy atom. The highest BCUT2D eigenvalue weighted by molar-refractivity contribution is 5.97. The maximum absolute atomic E-state index is 13.5. The number of hydrogen-bond acceptors (Lipinski definition) is 4. The summed E-state index contributed by atoms with van der Waals surface area (Å²) in [5, 5.41) is 3.87. The van der Waals surface area contributed by atoms with Crippen LogP contribution in [0.1, 0.15) is 72.3 Å². The molecule has 0 radical (unpaired) electrons. The molecule has 3 heterocycles. The second-order valence-electron chi connectivity index (χ2n) is 9.51. The summed E-state index contributed by atoms with van der Waals surface area (Å²) in [7, 11) is 0. The second-order valence-corrected chi connectivity index (χ2v) is 9.51. The molecule has 1 saturated carbocycles. The Morgan fingerprint density at radius 2 is 1.76 bits per heavy atom. The van der Waals surface area contributed by atoms with Crippen molar-refractivity contribution in [3.63, 3.8) is 0 Å². The molecule has 0 spiro atoms. The highest BCUT2D eigenvalue weighted by Crippen LogP contribution is 2.26. The van der Waals surface area contributed by atoms with Crippen molar-refractivity contribution in [1.29, 1.82) is 0 Å². The fraction of sp³-hybridized carbons (Fsp3) is 0.444. The fourth-order valence-electron chi connectivity index (χ4n) is 4.88. The van der Waals surface area contributed by atoms with E-state index >= 15 is 0 Å². The number of halogens is 1. The van der Waals surface area contributed by atoms with E-state index in [1.165, 1.54) is 36.0 Å². The molecule has 0 atom stereocenters. The number of aromatic nitrogens is 2. The molecule has 1 aliphatic carbocycles. The van der Waals surface area contributed by atoms with Crippen LogP contribution in [-0.2, 0) is 11.3 Å². The molecule has 2 fully saturated rings. The van der Waals surface area contributed by atoms with Crippen LogP contribution in [0.4, 0.5) is 4.39 Å². The van der Waals surface area contributed by atoms with Gasteiger partial charge in [0, 0.05) is 23.5 Å². The van der Waals surface area contributed by atoms with E-state index in [0.29, 0.717) is 18.9 Å². The van der Waals surface area contributed by atoms with Crippen LogP contribution in [0.15, 0.2) is 47.4 Å². The number of ether oxygens (including phenoxy) is 1. The monoisotopic (exact) mass is 463 g/mol. The lowest BCUT2D eigenvalue weighted by Crippen LogP contribution is -2.39. The first-order valence-electron chi connectivity index (χ1n) is 12.2. The number of carbonyl (C=O) groups excluding carboxylic acids is 1. The quantitative estimate of drug-likeness (QED) is 0.603. The van der Waals surface area contributed by atoms with Crippen molar-refractivity contribution in [3.05, 3.63) is 75.5 Å². The molecule has 1 N–H and O–H groups in total. The standard InChI is InChI=1S/C27H30FN3O3/c28-22-10-8-18(9-11-22)15-31-25-19(12-20(14-29-25)21-16-34-17-21)13-24(27(31)33)26(32)30-23-6-4-2-1-3-5-7-23/h8-14,21,23H,1-7,15-17H2,(H,30,32). The molecule has 1 saturated heterocycles. The molecule has 1 aliphatic heterocycles. The molecular formula is C27H30FN3O3. The predicted molar refractivity (Wildman–Crippen MR) is 129 cm³/mol. The lowest BCUT2D eigenvalue weighted by atomic mass is 9.96. The van der Waals surface area contributed by atoms with Gasteiger partial charge in [0.2, 0.25) is 0 Å². The van der Waals surface area contributed by atoms with Crippen LogP contribution in [0, 0.1) is 5.82 Å². The number of carbonyl (C=O) groups is 1. The highest BCUT2D eigenvalue weighted by Gasteiger charge is 2.24. The van der Waals surface area contributed by atoms with Gasteiger partial charge in [-0.2, -0.15) is 0 Å². The van der Waals surface area contributed by atoms with E-state index in [1.54, 1.807) is 24.4 Å². The Kier molecular flexibility index (Phi) is 6.72. The Labute approximate surface area is 198 Å². The van der Waals surface area contributed by atoms with Crippen LogP contribution in [0.25, 0.3) is 11.0 Å². The lowest BCUT2D eigenvalue weighted by molar-refractivity contribution is 0.00835. The summed E-state index contributed by atoms with van der Waals surface area (Å²) in [6.45, 7) is 1.51. The Hall–Kier alpha value is -3.06. The minimum atomic E-state index is -0.382. The van der Waals surface area contributed by atoms with Crippen molar-refractivity contribution in [3.8, 4) is 0 Å². The Bertz CT molecular complexity index is 1230. The van der Waals surface area contributed by atoms with Crippen LogP contribution in [0.5, 0.6) is 0 Å². The molecule has 5 rings (SSSR count). The predicted octanol–water partition coefficient (Wildman–Crippen LogP) is 4.54. The van der Waals surface area contributed by atoms with Gasteiger partial charge in [0.25, 0.3) is 11.5 Å². The molecule has 0 unspecified atom stereocenters. The van der Waals surface area contributed by atoms with E-state index in [1.807, 2.05) is 6.07 Å². The third-order valence-corrected chi connectivity index (χ3v) is 7.00. The van der Waals surface area contributed by atoms with Gasteiger partial charge in [0.15, 0.2) is 0 Å². The van der Waals surface area contributed by atoms with Gasteiger partial charge in [-0.25, -0.2) is 9.37 Å². The third kappa shape index (κ3) is 4.89. The molecule has 7 heteroatoms. The molecule has 178 valence electrons. The van der Waals surface area contributed by atoms with Crippen molar-refractivity contribution < 1.29 is 13.9 Å². The van der Waals surface area contributed by atoms with E-state index < -0.39 is 0 Å². The molecule has 1 amide bonds. The maximum atomic E-state index is 13.5. The molecule has 6 nitrogen and oxygen atoms in total. The normalized spacial score (nSPS) is 17.7. The average Bonchev–Trinajstić information content (AvgIpc) is 2.77. The molecule has 2 aliphatic rings. The van der Waals surface area contributed by atoms with Gasteiger partial charge in [0.05, 0.1) is 19.8 Å². The minimum Gasteiger partial charge on any atom is -0.380 e. The van der Waals surface area contributed by atoms with Gasteiger partial charge < -0.3 is 10.1 Å². The third-order valence-electron chi connectivity index (χ3n) is 7.00. The van der Waals surface area contributed by atoms with E-state index in [4.69, 9.17) is 4.74 Å². The van der Waals surface area contributed by atoms with Crippen molar-refractivity contribution >= 4 is 16.9 Å². The average molecular weight is 464 g/mol. The number of pyridine rings is 2. The van der Waals surface area contributed by atoms with Gasteiger partial charge in [0.1, 0.15) is 17.0 Å². The molecule has 2 aromatic heterocycles. The molecular weight excluding hydrogens is 433 g/mol. The first kappa shape index (κ1) is 22.7. The number of rotatable bonds is 5. The van der Waals surface area contributed by atoms with Crippen LogP contribution in [0.3, 0.4) is 0 Å². The highest BCUT2D eigenvalue weighted by atomic mass is 19.1. The van der Waals surface area contributed by atoms with Gasteiger partial charge in [-0.3, -0.25) is 14.2 Å². The first-order valence-corrected chi connectivity index (χ1v) is 12.2. The molecule has 0 bridgehead atoms. The number of amides is 1. The fourth-order valence-corrected chi connectivity index (χ4v) is 4.88. The zero-order chi connectivity index (χ0) is 23.5. The van der Waals surface area contributed by atoms with Crippen LogP contribution in [0.2, 0.25) is 0 Å². The lowest BCUT2D eigenvalue weighted by Gasteiger charge is -2.26. The maximum Gasteiger partial charge on any atom is 0.265 e. The molecule has 1 aromatic carbocycles. The number of benzene rings is 1. The van der Waals surface area contributed by atoms with Gasteiger partial charge in [-0.05, 0) is 48.2 Å². The summed E-state index contributed by atoms with van der Waals surface area (Å²) in [6, 6.07) is 9.80. The van der Waals surface area contributed by atoms with Crippen molar-refractivity contribution in [2.45, 2.75) is 63.5 Å². The summed E-state index contributed by atoms with van der Waals surface area (Å²) < 4.78 is 20.3. The van der Waals surface area contributed by atoms with Crippen LogP contribution >= 0.6 is 0 Å². The van der Waals surface area contributed by atoms with Gasteiger partial charge in [-0.1, -0.05) is 44.2 Å². The summed E-state index contributed by atoms with van der Waals surface area (Å²) in [5.41, 5.74) is 2.06. The largest absolute Gasteiger partial charge is 0.380 e. The zero-order valence-corrected chi connectivity index (χ0v) is 19.3. The summed E-state index contributed by atoms with van der Waals surface area (Å²) in [6.07, 6.45) is 9.47. The molecule has 3 aromatic rings. The SMILES string of the molecule is O=C(NC1CCCCCCC1)c1cc2cc(C3COC3)cnc2n(Cc2ccc(F)cc2)c1=O. The molecule has 34 heavy (non-hydrogen) atoms. The zero-order valence-electron chi connectivity index (χ0n) is 19.3. The van der Waals surface area contributed by atoms with Gasteiger partial charge in [-0.15, -0.1) is 0 Å². The number of fused-ring (bicyclic) bond motifs is 1. The summed E-state index contributed by atoms with van der Waals surface area (Å²) in [4.78, 5) is 31.4. The first-order chi connectivity index (χ1) is 16.6. The van der Waals surface area contributed by atoms with E-state index in [0.717, 1.165) is 42.2 Å². The van der Waals surface area contributed by atoms with Crippen LogP contribution < -0.4 is 10.9 Å². The number of hydrogen-bond donors (Lipinski definition) is 1. The number of nitrogens with one attached hydrogen (secondary N) is 1. The van der Waals surface area contributed by atoms with Gasteiger partial charge >= 0.3 is 0 Å². The minimum absolute atomic E-state index is 0.0880. The van der Waals surface area contributed by atoms with E-state index in [2.05, 4.69) is 10.3 Å². The topological polar surface area (TPSA) is 73.2 Å². The van der Waals surface area contributed by atoms with Crippen LogP contribution in [-0.4, -0.2) is 34.7 Å². The summed E-state index contributed by atoms with van der Waals surface area (Å²) >= 11 is 0. The smallest absolute Gasteiger partial charge is 0.265 e. The van der Waals surface area contributed by atoms with E-state index in [9.17, 15) is 14.0 Å². The second kappa shape index (κ2) is 10.1.